The number of hydrogen-bond donors (Lipinski definition) is 1. The van der Waals surface area contributed by atoms with E-state index >= 15 is 0 Å². The Kier molecular flexibility index (Phi) is 3.19. The van der Waals surface area contributed by atoms with E-state index in [-0.39, 0.29) is 5.41 Å². The molecule has 102 valence electrons. The van der Waals surface area contributed by atoms with Gasteiger partial charge in [0.1, 0.15) is 5.01 Å². The molecule has 1 heterocycles. The molecular weight excluding hydrogens is 288 g/mol. The standard InChI is InChI=1S/C16H15ClN2S/c1-16(2,10-3-6-12(18)7-4-10)15-19-13-9-11(17)5-8-14(13)20-15/h3-9H,18H2,1-2H3. The van der Waals surface area contributed by atoms with Crippen LogP contribution in [0.5, 0.6) is 0 Å². The zero-order valence-corrected chi connectivity index (χ0v) is 12.9. The van der Waals surface area contributed by atoms with Crippen molar-refractivity contribution in [2.45, 2.75) is 19.3 Å². The van der Waals surface area contributed by atoms with Crippen molar-refractivity contribution in [1.29, 1.82) is 0 Å². The Balaban J connectivity index is 2.10. The molecule has 0 spiro atoms. The van der Waals surface area contributed by atoms with Crippen LogP contribution in [0.15, 0.2) is 42.5 Å². The lowest BCUT2D eigenvalue weighted by Gasteiger charge is -2.22. The molecule has 2 nitrogen and oxygen atoms in total. The van der Waals surface area contributed by atoms with Gasteiger partial charge < -0.3 is 5.73 Å². The lowest BCUT2D eigenvalue weighted by molar-refractivity contribution is 0.637. The quantitative estimate of drug-likeness (QED) is 0.687. The van der Waals surface area contributed by atoms with Crippen molar-refractivity contribution in [1.82, 2.24) is 4.98 Å². The predicted octanol–water partition coefficient (Wildman–Crippen LogP) is 4.86. The van der Waals surface area contributed by atoms with Crippen LogP contribution in [-0.4, -0.2) is 4.98 Å². The van der Waals surface area contributed by atoms with Crippen molar-refractivity contribution in [3.63, 3.8) is 0 Å². The average Bonchev–Trinajstić information content (AvgIpc) is 2.83. The molecule has 4 heteroatoms. The van der Waals surface area contributed by atoms with Crippen LogP contribution < -0.4 is 5.73 Å². The van der Waals surface area contributed by atoms with E-state index in [1.54, 1.807) is 11.3 Å². The van der Waals surface area contributed by atoms with Crippen LogP contribution >= 0.6 is 22.9 Å². The van der Waals surface area contributed by atoms with E-state index in [2.05, 4.69) is 26.0 Å². The number of anilines is 1. The van der Waals surface area contributed by atoms with E-state index in [1.807, 2.05) is 30.3 Å². The third-order valence-corrected chi connectivity index (χ3v) is 5.11. The fourth-order valence-corrected chi connectivity index (χ4v) is 3.43. The first kappa shape index (κ1) is 13.4. The van der Waals surface area contributed by atoms with Gasteiger partial charge in [-0.15, -0.1) is 11.3 Å². The van der Waals surface area contributed by atoms with E-state index < -0.39 is 0 Å². The molecule has 0 fully saturated rings. The number of thiazole rings is 1. The average molecular weight is 303 g/mol. The molecular formula is C16H15ClN2S. The van der Waals surface area contributed by atoms with Crippen LogP contribution in [0.2, 0.25) is 5.02 Å². The smallest absolute Gasteiger partial charge is 0.104 e. The number of fused-ring (bicyclic) bond motifs is 1. The van der Waals surface area contributed by atoms with Crippen molar-refractivity contribution in [3.8, 4) is 0 Å². The van der Waals surface area contributed by atoms with E-state index in [0.29, 0.717) is 0 Å². The molecule has 0 radical (unpaired) electrons. The molecule has 2 N–H and O–H groups in total. The van der Waals surface area contributed by atoms with Crippen LogP contribution in [0.3, 0.4) is 0 Å². The lowest BCUT2D eigenvalue weighted by Crippen LogP contribution is -2.18. The van der Waals surface area contributed by atoms with E-state index in [1.165, 1.54) is 5.56 Å². The zero-order valence-electron chi connectivity index (χ0n) is 11.4. The Bertz CT molecular complexity index is 760. The summed E-state index contributed by atoms with van der Waals surface area (Å²) < 4.78 is 1.16. The highest BCUT2D eigenvalue weighted by atomic mass is 35.5. The van der Waals surface area contributed by atoms with Gasteiger partial charge in [0.05, 0.1) is 10.2 Å². The monoisotopic (exact) mass is 302 g/mol. The summed E-state index contributed by atoms with van der Waals surface area (Å²) >= 11 is 7.74. The number of nitrogen functional groups attached to an aromatic ring is 1. The van der Waals surface area contributed by atoms with Crippen LogP contribution in [-0.2, 0) is 5.41 Å². The van der Waals surface area contributed by atoms with Gasteiger partial charge in [-0.3, -0.25) is 0 Å². The minimum atomic E-state index is -0.149. The Labute approximate surface area is 127 Å². The van der Waals surface area contributed by atoms with Crippen LogP contribution in [0, 0.1) is 0 Å². The molecule has 0 aliphatic rings. The number of aromatic nitrogens is 1. The van der Waals surface area contributed by atoms with Gasteiger partial charge in [0.15, 0.2) is 0 Å². The molecule has 3 aromatic rings. The van der Waals surface area contributed by atoms with Gasteiger partial charge in [-0.2, -0.15) is 0 Å². The van der Waals surface area contributed by atoms with Gasteiger partial charge in [-0.1, -0.05) is 23.7 Å². The molecule has 0 saturated carbocycles. The number of benzene rings is 2. The maximum atomic E-state index is 6.03. The lowest BCUT2D eigenvalue weighted by atomic mass is 9.85. The molecule has 0 saturated heterocycles. The van der Waals surface area contributed by atoms with Crippen molar-refractivity contribution in [3.05, 3.63) is 58.1 Å². The second-order valence-corrected chi connectivity index (χ2v) is 6.85. The molecule has 0 aliphatic carbocycles. The summed E-state index contributed by atoms with van der Waals surface area (Å²) in [7, 11) is 0. The Hall–Kier alpha value is -1.58. The zero-order chi connectivity index (χ0) is 14.3. The van der Waals surface area contributed by atoms with Crippen LogP contribution in [0.4, 0.5) is 5.69 Å². The Morgan fingerprint density at radius 3 is 2.50 bits per heavy atom. The normalized spacial score (nSPS) is 11.9. The van der Waals surface area contributed by atoms with Gasteiger partial charge in [0.2, 0.25) is 0 Å². The van der Waals surface area contributed by atoms with Crippen molar-refractivity contribution >= 4 is 38.8 Å². The van der Waals surface area contributed by atoms with Crippen molar-refractivity contribution in [2.24, 2.45) is 0 Å². The maximum Gasteiger partial charge on any atom is 0.104 e. The summed E-state index contributed by atoms with van der Waals surface area (Å²) in [4.78, 5) is 4.75. The number of nitrogens with two attached hydrogens (primary N) is 1. The largest absolute Gasteiger partial charge is 0.399 e. The van der Waals surface area contributed by atoms with Crippen molar-refractivity contribution in [2.75, 3.05) is 5.73 Å². The Morgan fingerprint density at radius 1 is 1.10 bits per heavy atom. The van der Waals surface area contributed by atoms with E-state index in [4.69, 9.17) is 22.3 Å². The van der Waals surface area contributed by atoms with Crippen LogP contribution in [0.25, 0.3) is 10.2 Å². The third-order valence-electron chi connectivity index (χ3n) is 3.52. The molecule has 20 heavy (non-hydrogen) atoms. The SMILES string of the molecule is CC(C)(c1ccc(N)cc1)c1nc2cc(Cl)ccc2s1. The molecule has 2 aromatic carbocycles. The fourth-order valence-electron chi connectivity index (χ4n) is 2.19. The first-order valence-corrected chi connectivity index (χ1v) is 7.59. The molecule has 3 rings (SSSR count). The Morgan fingerprint density at radius 2 is 1.80 bits per heavy atom. The number of nitrogens with zero attached hydrogens (tertiary/aromatic N) is 1. The molecule has 0 amide bonds. The van der Waals surface area contributed by atoms with Gasteiger partial charge in [0.25, 0.3) is 0 Å². The van der Waals surface area contributed by atoms with E-state index in [0.717, 1.165) is 25.9 Å². The highest BCUT2D eigenvalue weighted by Crippen LogP contribution is 2.37. The first-order chi connectivity index (χ1) is 9.46. The number of rotatable bonds is 2. The molecule has 0 unspecified atom stereocenters. The highest BCUT2D eigenvalue weighted by molar-refractivity contribution is 7.18. The van der Waals surface area contributed by atoms with Gasteiger partial charge >= 0.3 is 0 Å². The summed E-state index contributed by atoms with van der Waals surface area (Å²) in [6, 6.07) is 13.8. The summed E-state index contributed by atoms with van der Waals surface area (Å²) in [6.45, 7) is 4.36. The fraction of sp³-hybridized carbons (Fsp3) is 0.188. The van der Waals surface area contributed by atoms with Gasteiger partial charge in [0, 0.05) is 16.1 Å². The molecule has 1 aromatic heterocycles. The predicted molar refractivity (Wildman–Crippen MR) is 87.6 cm³/mol. The second-order valence-electron chi connectivity index (χ2n) is 5.38. The molecule has 0 bridgehead atoms. The first-order valence-electron chi connectivity index (χ1n) is 6.39. The summed E-state index contributed by atoms with van der Waals surface area (Å²) in [5.74, 6) is 0. The second kappa shape index (κ2) is 4.76. The van der Waals surface area contributed by atoms with Gasteiger partial charge in [-0.05, 0) is 49.7 Å². The summed E-state index contributed by atoms with van der Waals surface area (Å²) in [5.41, 5.74) is 8.55. The minimum absolute atomic E-state index is 0.149. The van der Waals surface area contributed by atoms with E-state index in [9.17, 15) is 0 Å². The topological polar surface area (TPSA) is 38.9 Å². The summed E-state index contributed by atoms with van der Waals surface area (Å²) in [5, 5.41) is 1.80. The number of hydrogen-bond acceptors (Lipinski definition) is 3. The summed E-state index contributed by atoms with van der Waals surface area (Å²) in [6.07, 6.45) is 0. The number of halogens is 1. The van der Waals surface area contributed by atoms with Crippen molar-refractivity contribution < 1.29 is 0 Å². The minimum Gasteiger partial charge on any atom is -0.399 e. The molecule has 0 atom stereocenters. The third kappa shape index (κ3) is 2.28. The molecule has 0 aliphatic heterocycles. The maximum absolute atomic E-state index is 6.03. The van der Waals surface area contributed by atoms with Crippen LogP contribution in [0.1, 0.15) is 24.4 Å². The highest BCUT2D eigenvalue weighted by Gasteiger charge is 2.27. The van der Waals surface area contributed by atoms with Gasteiger partial charge in [-0.25, -0.2) is 4.98 Å².